The van der Waals surface area contributed by atoms with E-state index in [4.69, 9.17) is 9.47 Å². The standard InChI is InChI=1S/C38H40N2O6/c1-39(17-13-37-23-7-11-29(43)35(37)45-33-27(41)9-5-21(31(33)37)19-25(23)39)15-3-4-16-40(2)18-14-38-24-8-12-30(44)36(38)46-34-28(42)10-6-22(32(34)38)20-26(24)40/h5-12,23-26,29-30,35-36,43-44H,13-20H2,1-2H3/p+2. The Kier molecular flexibility index (Phi) is 5.22. The van der Waals surface area contributed by atoms with Crippen molar-refractivity contribution in [2.75, 3.05) is 40.3 Å². The van der Waals surface area contributed by atoms with Crippen LogP contribution in [0.15, 0.2) is 48.6 Å². The average Bonchev–Trinajstić information content (AvgIpc) is 3.59. The maximum absolute atomic E-state index is 11.0. The molecule has 4 heterocycles. The van der Waals surface area contributed by atoms with E-state index in [-0.39, 0.29) is 46.4 Å². The van der Waals surface area contributed by atoms with E-state index in [1.807, 2.05) is 12.2 Å². The van der Waals surface area contributed by atoms with E-state index >= 15 is 0 Å². The number of ether oxygens (including phenoxy) is 2. The Bertz CT molecular complexity index is 1710. The third-order valence-electron chi connectivity index (χ3n) is 14.1. The molecule has 0 aromatic heterocycles. The Morgan fingerprint density at radius 2 is 1.13 bits per heavy atom. The molecule has 8 aliphatic rings. The van der Waals surface area contributed by atoms with Gasteiger partial charge in [0.25, 0.3) is 0 Å². The van der Waals surface area contributed by atoms with Crippen LogP contribution < -0.4 is 9.47 Å². The SMILES string of the molecule is C[N+]1(CC#CC[N+]2(C)CCC34c5c6ccc(O)c5OC3C(O)C=CC4C2C6)CCC23c4c5ccc(O)c4OC2C(O)C=CC3C1C5. The van der Waals surface area contributed by atoms with E-state index in [9.17, 15) is 20.4 Å². The number of rotatable bonds is 2. The van der Waals surface area contributed by atoms with Gasteiger partial charge in [-0.05, 0) is 35.1 Å². The molecule has 2 aromatic carbocycles. The fourth-order valence-electron chi connectivity index (χ4n) is 11.9. The fourth-order valence-corrected chi connectivity index (χ4v) is 11.9. The molecule has 8 nitrogen and oxygen atoms in total. The van der Waals surface area contributed by atoms with Crippen LogP contribution in [-0.4, -0.2) is 106 Å². The molecule has 12 unspecified atom stereocenters. The predicted molar refractivity (Wildman–Crippen MR) is 170 cm³/mol. The van der Waals surface area contributed by atoms with Crippen LogP contribution in [0.2, 0.25) is 0 Å². The number of phenolic OH excluding ortho intramolecular Hbond substituents is 2. The van der Waals surface area contributed by atoms with Gasteiger partial charge in [0.05, 0.1) is 38.0 Å². The van der Waals surface area contributed by atoms with E-state index in [1.54, 1.807) is 12.1 Å². The van der Waals surface area contributed by atoms with E-state index in [0.717, 1.165) is 72.0 Å². The highest BCUT2D eigenvalue weighted by Crippen LogP contribution is 2.65. The van der Waals surface area contributed by atoms with Gasteiger partial charge >= 0.3 is 0 Å². The number of aromatic hydroxyl groups is 2. The predicted octanol–water partition coefficient (Wildman–Crippen LogP) is 2.44. The van der Waals surface area contributed by atoms with Crippen molar-refractivity contribution in [3.63, 3.8) is 0 Å². The summed E-state index contributed by atoms with van der Waals surface area (Å²) in [4.78, 5) is 0. The van der Waals surface area contributed by atoms with Gasteiger partial charge in [0, 0.05) is 48.6 Å². The third kappa shape index (κ3) is 3.07. The molecule has 4 bridgehead atoms. The molecular weight excluding hydrogens is 580 g/mol. The van der Waals surface area contributed by atoms with Gasteiger partial charge in [0.15, 0.2) is 23.0 Å². The number of phenols is 2. The number of hydrogen-bond acceptors (Lipinski definition) is 6. The molecule has 8 heteroatoms. The number of piperidine rings is 2. The molecule has 12 atom stereocenters. The number of nitrogens with zero attached hydrogens (tertiary/aromatic N) is 2. The summed E-state index contributed by atoms with van der Waals surface area (Å²) < 4.78 is 14.4. The zero-order valence-electron chi connectivity index (χ0n) is 26.4. The largest absolute Gasteiger partial charge is 0.504 e. The molecule has 4 N–H and O–H groups in total. The van der Waals surface area contributed by atoms with Crippen LogP contribution in [0.3, 0.4) is 0 Å². The summed E-state index contributed by atoms with van der Waals surface area (Å²) in [5, 5.41) is 43.4. The van der Waals surface area contributed by atoms with Crippen molar-refractivity contribution in [3.8, 4) is 34.8 Å². The summed E-state index contributed by atoms with van der Waals surface area (Å²) in [5.41, 5.74) is 4.15. The summed E-state index contributed by atoms with van der Waals surface area (Å²) in [6.45, 7) is 3.44. The van der Waals surface area contributed by atoms with Crippen molar-refractivity contribution in [1.82, 2.24) is 0 Å². The van der Waals surface area contributed by atoms with Gasteiger partial charge in [-0.25, -0.2) is 0 Å². The van der Waals surface area contributed by atoms with Gasteiger partial charge in [0.1, 0.15) is 49.6 Å². The summed E-state index contributed by atoms with van der Waals surface area (Å²) in [5.74, 6) is 9.32. The zero-order chi connectivity index (χ0) is 31.4. The number of aliphatic hydroxyl groups excluding tert-OH is 2. The zero-order valence-corrected chi connectivity index (χ0v) is 26.4. The number of benzene rings is 2. The molecule has 2 spiro atoms. The summed E-state index contributed by atoms with van der Waals surface area (Å²) in [7, 11) is 4.71. The highest BCUT2D eigenvalue weighted by molar-refractivity contribution is 5.62. The lowest BCUT2D eigenvalue weighted by Crippen LogP contribution is -2.71. The third-order valence-corrected chi connectivity index (χ3v) is 14.1. The molecule has 4 aliphatic carbocycles. The Labute approximate surface area is 269 Å². The lowest BCUT2D eigenvalue weighted by molar-refractivity contribution is -0.939. The fraction of sp³-hybridized carbons (Fsp3) is 0.526. The monoisotopic (exact) mass is 622 g/mol. The van der Waals surface area contributed by atoms with Crippen LogP contribution in [0.4, 0.5) is 0 Å². The maximum Gasteiger partial charge on any atom is 0.165 e. The van der Waals surface area contributed by atoms with Gasteiger partial charge in [0.2, 0.25) is 0 Å². The molecule has 2 fully saturated rings. The van der Waals surface area contributed by atoms with Crippen molar-refractivity contribution < 1.29 is 38.9 Å². The van der Waals surface area contributed by atoms with Gasteiger partial charge < -0.3 is 38.9 Å². The van der Waals surface area contributed by atoms with Crippen LogP contribution in [0, 0.1) is 23.7 Å². The van der Waals surface area contributed by atoms with Gasteiger partial charge in [-0.15, -0.1) is 0 Å². The molecule has 0 radical (unpaired) electrons. The number of likely N-dealkylation sites (N-methyl/N-ethyl adjacent to an activating group) is 2. The topological polar surface area (TPSA) is 99.4 Å². The maximum atomic E-state index is 11.0. The minimum absolute atomic E-state index is 0.178. The number of aliphatic hydroxyl groups is 2. The summed E-state index contributed by atoms with van der Waals surface area (Å²) in [6, 6.07) is 8.28. The first-order chi connectivity index (χ1) is 22.1. The smallest absolute Gasteiger partial charge is 0.165 e. The Morgan fingerprint density at radius 1 is 0.696 bits per heavy atom. The van der Waals surface area contributed by atoms with E-state index in [0.29, 0.717) is 23.6 Å². The normalized spacial score (nSPS) is 45.6. The Hall–Kier alpha value is -3.48. The van der Waals surface area contributed by atoms with Crippen LogP contribution in [0.5, 0.6) is 23.0 Å². The molecule has 0 saturated carbocycles. The quantitative estimate of drug-likeness (QED) is 0.234. The van der Waals surface area contributed by atoms with Gasteiger partial charge in [-0.2, -0.15) is 0 Å². The minimum atomic E-state index is -0.683. The second kappa shape index (κ2) is 8.70. The van der Waals surface area contributed by atoms with Gasteiger partial charge in [-0.1, -0.05) is 36.4 Å². The highest BCUT2D eigenvalue weighted by atomic mass is 16.5. The number of hydrogen-bond donors (Lipinski definition) is 4. The molecule has 10 rings (SSSR count). The van der Waals surface area contributed by atoms with E-state index < -0.39 is 12.2 Å². The van der Waals surface area contributed by atoms with Crippen molar-refractivity contribution in [2.24, 2.45) is 11.8 Å². The van der Waals surface area contributed by atoms with Crippen molar-refractivity contribution in [3.05, 3.63) is 70.8 Å². The van der Waals surface area contributed by atoms with Crippen LogP contribution >= 0.6 is 0 Å². The summed E-state index contributed by atoms with van der Waals surface area (Å²) >= 11 is 0. The van der Waals surface area contributed by atoms with Crippen molar-refractivity contribution in [2.45, 2.75) is 73.0 Å². The second-order valence-corrected chi connectivity index (χ2v) is 16.0. The van der Waals surface area contributed by atoms with E-state index in [2.05, 4.69) is 50.2 Å². The van der Waals surface area contributed by atoms with Gasteiger partial charge in [-0.3, -0.25) is 0 Å². The first-order valence-electron chi connectivity index (χ1n) is 17.0. The van der Waals surface area contributed by atoms with Crippen LogP contribution in [-0.2, 0) is 23.7 Å². The number of quaternary nitrogens is 2. The molecule has 2 aromatic rings. The lowest BCUT2D eigenvalue weighted by Gasteiger charge is -2.59. The molecule has 238 valence electrons. The number of likely N-dealkylation sites (tertiary alicyclic amines) is 2. The molecule has 0 amide bonds. The average molecular weight is 623 g/mol. The Balaban J connectivity index is 0.947. The van der Waals surface area contributed by atoms with Crippen LogP contribution in [0.1, 0.15) is 35.1 Å². The Morgan fingerprint density at radius 3 is 1.57 bits per heavy atom. The molecule has 46 heavy (non-hydrogen) atoms. The summed E-state index contributed by atoms with van der Waals surface area (Å²) in [6.07, 6.45) is 9.79. The minimum Gasteiger partial charge on any atom is -0.504 e. The van der Waals surface area contributed by atoms with Crippen LogP contribution in [0.25, 0.3) is 0 Å². The second-order valence-electron chi connectivity index (χ2n) is 16.0. The molecular formula is C38H42N2O6+2. The van der Waals surface area contributed by atoms with Crippen molar-refractivity contribution in [1.29, 1.82) is 0 Å². The first kappa shape index (κ1) is 27.6. The lowest BCUT2D eigenvalue weighted by atomic mass is 9.52. The highest BCUT2D eigenvalue weighted by Gasteiger charge is 2.69. The van der Waals surface area contributed by atoms with E-state index in [1.165, 1.54) is 11.1 Å². The molecule has 2 saturated heterocycles. The van der Waals surface area contributed by atoms with Crippen molar-refractivity contribution >= 4 is 0 Å². The molecule has 4 aliphatic heterocycles. The first-order valence-corrected chi connectivity index (χ1v) is 17.0.